The summed E-state index contributed by atoms with van der Waals surface area (Å²) < 4.78 is 8.45. The highest BCUT2D eigenvalue weighted by molar-refractivity contribution is 6.09. The fourth-order valence-electron chi connectivity index (χ4n) is 2.64. The van der Waals surface area contributed by atoms with Crippen molar-refractivity contribution in [3.05, 3.63) is 54.0 Å². The number of esters is 1. The molecule has 2 heterocycles. The van der Waals surface area contributed by atoms with E-state index < -0.39 is 5.97 Å². The van der Waals surface area contributed by atoms with E-state index in [2.05, 4.69) is 11.2 Å². The van der Waals surface area contributed by atoms with Gasteiger partial charge in [-0.1, -0.05) is 18.2 Å². The van der Waals surface area contributed by atoms with Gasteiger partial charge in [0.25, 0.3) is 0 Å². The van der Waals surface area contributed by atoms with Crippen LogP contribution in [0.2, 0.25) is 0 Å². The van der Waals surface area contributed by atoms with Crippen molar-refractivity contribution >= 4 is 22.7 Å². The van der Waals surface area contributed by atoms with E-state index in [1.807, 2.05) is 28.8 Å². The number of aryl methyl sites for hydroxylation is 2. The van der Waals surface area contributed by atoms with Gasteiger partial charge in [0.2, 0.25) is 5.78 Å². The molecule has 3 rings (SSSR count). The van der Waals surface area contributed by atoms with E-state index in [1.54, 1.807) is 13.2 Å². The first-order chi connectivity index (χ1) is 12.1. The van der Waals surface area contributed by atoms with Crippen LogP contribution in [0.4, 0.5) is 0 Å². The molecule has 0 aliphatic carbocycles. The van der Waals surface area contributed by atoms with Crippen LogP contribution in [0.15, 0.2) is 42.9 Å². The molecular formula is C18H16N4O3. The molecule has 0 N–H and O–H groups in total. The number of carbonyl (C=O) groups excluding carboxylic acids is 2. The quantitative estimate of drug-likeness (QED) is 0.509. The van der Waals surface area contributed by atoms with Gasteiger partial charge in [0, 0.05) is 42.5 Å². The molecule has 0 radical (unpaired) electrons. The molecule has 0 fully saturated rings. The Morgan fingerprint density at radius 1 is 1.28 bits per heavy atom. The predicted octanol–water partition coefficient (Wildman–Crippen LogP) is 2.33. The highest BCUT2D eigenvalue weighted by atomic mass is 16.5. The summed E-state index contributed by atoms with van der Waals surface area (Å²) in [6.07, 6.45) is 4.98. The highest BCUT2D eigenvalue weighted by Gasteiger charge is 2.17. The van der Waals surface area contributed by atoms with Crippen LogP contribution in [0.1, 0.15) is 27.1 Å². The molecular weight excluding hydrogens is 320 g/mol. The summed E-state index contributed by atoms with van der Waals surface area (Å²) in [6.45, 7) is 0.153. The number of aromatic nitrogens is 3. The number of rotatable bonds is 6. The Hall–Kier alpha value is -3.40. The molecule has 0 aliphatic heterocycles. The number of ether oxygens (including phenoxy) is 1. The van der Waals surface area contributed by atoms with E-state index in [0.29, 0.717) is 24.1 Å². The molecule has 0 bridgehead atoms. The lowest BCUT2D eigenvalue weighted by Crippen LogP contribution is -2.13. The molecule has 7 nitrogen and oxygen atoms in total. The van der Waals surface area contributed by atoms with Crippen molar-refractivity contribution in [2.45, 2.75) is 13.0 Å². The number of carbonyl (C=O) groups is 2. The lowest BCUT2D eigenvalue weighted by Gasteiger charge is -2.02. The van der Waals surface area contributed by atoms with E-state index >= 15 is 0 Å². The number of fused-ring (bicyclic) bond motifs is 1. The summed E-state index contributed by atoms with van der Waals surface area (Å²) in [5, 5.41) is 13.5. The van der Waals surface area contributed by atoms with Gasteiger partial charge in [-0.2, -0.15) is 10.4 Å². The maximum absolute atomic E-state index is 12.5. The molecule has 1 aromatic carbocycles. The number of Topliss-reactive ketones (excluding diaryl/α,β-unsaturated/α-hetero) is 1. The van der Waals surface area contributed by atoms with Crippen molar-refractivity contribution in [3.8, 4) is 6.07 Å². The Balaban J connectivity index is 1.78. The topological polar surface area (TPSA) is 89.9 Å². The second-order valence-electron chi connectivity index (χ2n) is 5.56. The van der Waals surface area contributed by atoms with Crippen LogP contribution in [0.25, 0.3) is 10.9 Å². The Morgan fingerprint density at radius 2 is 2.08 bits per heavy atom. The molecule has 7 heteroatoms. The molecule has 0 saturated carbocycles. The number of hydrogen-bond donors (Lipinski definition) is 0. The van der Waals surface area contributed by atoms with Crippen molar-refractivity contribution < 1.29 is 14.3 Å². The van der Waals surface area contributed by atoms with Gasteiger partial charge >= 0.3 is 5.97 Å². The van der Waals surface area contributed by atoms with Crippen LogP contribution in [-0.4, -0.2) is 32.7 Å². The van der Waals surface area contributed by atoms with Crippen molar-refractivity contribution in [1.82, 2.24) is 14.3 Å². The Bertz CT molecular complexity index is 978. The normalized spacial score (nSPS) is 10.6. The fourth-order valence-corrected chi connectivity index (χ4v) is 2.64. The first kappa shape index (κ1) is 16.5. The molecule has 0 atom stereocenters. The second-order valence-corrected chi connectivity index (χ2v) is 5.56. The minimum atomic E-state index is -0.588. The number of nitrogens with zero attached hydrogens (tertiary/aromatic N) is 4. The lowest BCUT2D eigenvalue weighted by molar-refractivity contribution is 0.0475. The average Bonchev–Trinajstić information content (AvgIpc) is 3.21. The van der Waals surface area contributed by atoms with Crippen LogP contribution >= 0.6 is 0 Å². The minimum absolute atomic E-state index is 0.288. The molecule has 126 valence electrons. The summed E-state index contributed by atoms with van der Waals surface area (Å²) in [5.41, 5.74) is 1.65. The first-order valence-electron chi connectivity index (χ1n) is 7.74. The fraction of sp³-hybridized carbons (Fsp3) is 0.222. The van der Waals surface area contributed by atoms with Crippen LogP contribution in [0.3, 0.4) is 0 Å². The van der Waals surface area contributed by atoms with Gasteiger partial charge in [-0.3, -0.25) is 9.48 Å². The molecule has 0 unspecified atom stereocenters. The van der Waals surface area contributed by atoms with Crippen molar-refractivity contribution in [2.24, 2.45) is 7.05 Å². The summed E-state index contributed by atoms with van der Waals surface area (Å²) in [4.78, 5) is 24.4. The highest BCUT2D eigenvalue weighted by Crippen LogP contribution is 2.22. The van der Waals surface area contributed by atoms with Crippen molar-refractivity contribution in [1.29, 1.82) is 5.26 Å². The Labute approximate surface area is 144 Å². The lowest BCUT2D eigenvalue weighted by atomic mass is 10.1. The number of hydrogen-bond acceptors (Lipinski definition) is 5. The number of nitriles is 1. The Morgan fingerprint density at radius 3 is 2.80 bits per heavy atom. The predicted molar refractivity (Wildman–Crippen MR) is 90.0 cm³/mol. The second kappa shape index (κ2) is 7.01. The smallest absolute Gasteiger partial charge is 0.341 e. The zero-order valence-electron chi connectivity index (χ0n) is 13.7. The molecule has 2 aromatic heterocycles. The summed E-state index contributed by atoms with van der Waals surface area (Å²) in [5.74, 6) is -0.876. The molecule has 0 amide bonds. The van der Waals surface area contributed by atoms with Crippen LogP contribution in [-0.2, 0) is 18.3 Å². The number of para-hydroxylation sites is 1. The monoisotopic (exact) mass is 336 g/mol. The van der Waals surface area contributed by atoms with Crippen LogP contribution < -0.4 is 0 Å². The third-order valence-electron chi connectivity index (χ3n) is 3.83. The maximum Gasteiger partial charge on any atom is 0.341 e. The maximum atomic E-state index is 12.5. The number of benzene rings is 1. The molecule has 3 aromatic rings. The minimum Gasteiger partial charge on any atom is -0.454 e. The summed E-state index contributed by atoms with van der Waals surface area (Å²) >= 11 is 0. The largest absolute Gasteiger partial charge is 0.454 e. The van der Waals surface area contributed by atoms with Crippen molar-refractivity contribution in [3.63, 3.8) is 0 Å². The van der Waals surface area contributed by atoms with Crippen LogP contribution in [0, 0.1) is 11.3 Å². The molecule has 0 aliphatic rings. The van der Waals surface area contributed by atoms with Crippen molar-refractivity contribution in [2.75, 3.05) is 6.61 Å². The first-order valence-corrected chi connectivity index (χ1v) is 7.74. The van der Waals surface area contributed by atoms with Gasteiger partial charge in [0.05, 0.1) is 24.3 Å². The summed E-state index contributed by atoms with van der Waals surface area (Å²) in [7, 11) is 1.69. The van der Waals surface area contributed by atoms with Gasteiger partial charge in [0.15, 0.2) is 6.61 Å². The third-order valence-corrected chi connectivity index (χ3v) is 3.83. The zero-order chi connectivity index (χ0) is 17.8. The Kier molecular flexibility index (Phi) is 4.61. The van der Waals surface area contributed by atoms with E-state index in [-0.39, 0.29) is 12.4 Å². The summed E-state index contributed by atoms with van der Waals surface area (Å²) in [6, 6.07) is 9.55. The standard InChI is InChI=1S/C18H16N4O3/c1-21-10-13(9-20-21)18(24)25-12-17(23)15-11-22(8-4-7-19)16-6-3-2-5-14(15)16/h2-3,5-6,9-11H,4,8,12H2,1H3. The average molecular weight is 336 g/mol. The van der Waals surface area contributed by atoms with Gasteiger partial charge < -0.3 is 9.30 Å². The third kappa shape index (κ3) is 3.43. The number of ketones is 1. The van der Waals surface area contributed by atoms with E-state index in [1.165, 1.54) is 17.1 Å². The zero-order valence-corrected chi connectivity index (χ0v) is 13.7. The van der Waals surface area contributed by atoms with Gasteiger partial charge in [-0.15, -0.1) is 0 Å². The molecule has 0 saturated heterocycles. The van der Waals surface area contributed by atoms with Gasteiger partial charge in [0.1, 0.15) is 0 Å². The van der Waals surface area contributed by atoms with E-state index in [4.69, 9.17) is 10.00 Å². The van der Waals surface area contributed by atoms with Gasteiger partial charge in [-0.25, -0.2) is 4.79 Å². The van der Waals surface area contributed by atoms with E-state index in [9.17, 15) is 9.59 Å². The van der Waals surface area contributed by atoms with Gasteiger partial charge in [-0.05, 0) is 6.07 Å². The van der Waals surface area contributed by atoms with E-state index in [0.717, 1.165) is 10.9 Å². The van der Waals surface area contributed by atoms with Crippen LogP contribution in [0.5, 0.6) is 0 Å². The molecule has 25 heavy (non-hydrogen) atoms. The SMILES string of the molecule is Cn1cc(C(=O)OCC(=O)c2cn(CCC#N)c3ccccc23)cn1. The molecule has 0 spiro atoms.